The van der Waals surface area contributed by atoms with Gasteiger partial charge in [0.05, 0.1) is 28.8 Å². The quantitative estimate of drug-likeness (QED) is 0.454. The van der Waals surface area contributed by atoms with Crippen molar-refractivity contribution >= 4 is 17.5 Å². The fourth-order valence-electron chi connectivity index (χ4n) is 3.18. The van der Waals surface area contributed by atoms with E-state index in [0.29, 0.717) is 21.8 Å². The molecule has 6 nitrogen and oxygen atoms in total. The largest absolute Gasteiger partial charge is 0.434 e. The van der Waals surface area contributed by atoms with Crippen molar-refractivity contribution < 1.29 is 18.0 Å². The summed E-state index contributed by atoms with van der Waals surface area (Å²) in [5.41, 5.74) is 0.0226. The van der Waals surface area contributed by atoms with Crippen LogP contribution in [0, 0.1) is 0 Å². The molecule has 32 heavy (non-hydrogen) atoms. The van der Waals surface area contributed by atoms with E-state index in [1.54, 1.807) is 16.9 Å². The molecule has 4 rings (SSSR count). The van der Waals surface area contributed by atoms with Crippen LogP contribution in [-0.4, -0.2) is 32.0 Å². The molecule has 0 spiro atoms. The number of amides is 1. The van der Waals surface area contributed by atoms with E-state index in [1.807, 2.05) is 30.3 Å². The van der Waals surface area contributed by atoms with Crippen molar-refractivity contribution in [3.63, 3.8) is 0 Å². The predicted octanol–water partition coefficient (Wildman–Crippen LogP) is 4.70. The summed E-state index contributed by atoms with van der Waals surface area (Å²) in [4.78, 5) is 12.5. The maximum atomic E-state index is 13.7. The summed E-state index contributed by atoms with van der Waals surface area (Å²) in [6.07, 6.45) is -1.73. The highest BCUT2D eigenvalue weighted by Crippen LogP contribution is 2.33. The summed E-state index contributed by atoms with van der Waals surface area (Å²) in [5, 5.41) is 11.1. The standard InChI is InChI=1S/C22H17ClF3N5O/c23-15-6-8-18(9-7-15)31-20(22(24,25)26)19(14-28-31)21(32)27-12-10-16-11-13-30(29-16)17-4-2-1-3-5-17/h1-9,11,13-14H,10,12H2,(H,27,32). The number of benzene rings is 2. The molecule has 0 saturated heterocycles. The first-order chi connectivity index (χ1) is 15.3. The summed E-state index contributed by atoms with van der Waals surface area (Å²) < 4.78 is 43.6. The fraction of sp³-hybridized carbons (Fsp3) is 0.136. The molecule has 0 radical (unpaired) electrons. The van der Waals surface area contributed by atoms with Gasteiger partial charge in [-0.25, -0.2) is 9.36 Å². The lowest BCUT2D eigenvalue weighted by molar-refractivity contribution is -0.143. The van der Waals surface area contributed by atoms with Gasteiger partial charge in [0.15, 0.2) is 5.69 Å². The number of carbonyl (C=O) groups excluding carboxylic acids is 1. The van der Waals surface area contributed by atoms with E-state index >= 15 is 0 Å². The number of alkyl halides is 3. The van der Waals surface area contributed by atoms with Gasteiger partial charge in [-0.05, 0) is 42.5 Å². The van der Waals surface area contributed by atoms with Crippen molar-refractivity contribution in [2.75, 3.05) is 6.54 Å². The molecule has 1 N–H and O–H groups in total. The number of hydrogen-bond donors (Lipinski definition) is 1. The zero-order valence-corrected chi connectivity index (χ0v) is 17.3. The number of rotatable bonds is 6. The maximum Gasteiger partial charge on any atom is 0.434 e. The minimum atomic E-state index is -4.78. The van der Waals surface area contributed by atoms with Gasteiger partial charge in [-0.3, -0.25) is 4.79 Å². The molecule has 0 saturated carbocycles. The highest BCUT2D eigenvalue weighted by Gasteiger charge is 2.40. The van der Waals surface area contributed by atoms with Crippen LogP contribution in [-0.2, 0) is 12.6 Å². The third-order valence-electron chi connectivity index (χ3n) is 4.69. The van der Waals surface area contributed by atoms with Crippen LogP contribution in [0.25, 0.3) is 11.4 Å². The number of halogens is 4. The van der Waals surface area contributed by atoms with Gasteiger partial charge in [-0.15, -0.1) is 0 Å². The van der Waals surface area contributed by atoms with E-state index in [0.717, 1.165) is 11.9 Å². The van der Waals surface area contributed by atoms with Gasteiger partial charge in [0.2, 0.25) is 0 Å². The van der Waals surface area contributed by atoms with Gasteiger partial charge in [0.1, 0.15) is 0 Å². The number of nitrogens with zero attached hydrogens (tertiary/aromatic N) is 4. The molecule has 0 unspecified atom stereocenters. The first-order valence-electron chi connectivity index (χ1n) is 9.62. The monoisotopic (exact) mass is 459 g/mol. The summed E-state index contributed by atoms with van der Waals surface area (Å²) >= 11 is 5.81. The lowest BCUT2D eigenvalue weighted by Crippen LogP contribution is -2.28. The Kier molecular flexibility index (Phi) is 6.00. The molecule has 2 heterocycles. The highest BCUT2D eigenvalue weighted by atomic mass is 35.5. The van der Waals surface area contributed by atoms with Crippen molar-refractivity contribution in [3.8, 4) is 11.4 Å². The van der Waals surface area contributed by atoms with Gasteiger partial charge in [-0.2, -0.15) is 23.4 Å². The Morgan fingerprint density at radius 2 is 1.72 bits per heavy atom. The molecular formula is C22H17ClF3N5O. The van der Waals surface area contributed by atoms with Gasteiger partial charge in [-0.1, -0.05) is 29.8 Å². The van der Waals surface area contributed by atoms with Crippen molar-refractivity contribution in [1.82, 2.24) is 24.9 Å². The SMILES string of the molecule is O=C(NCCc1ccn(-c2ccccc2)n1)c1cnn(-c2ccc(Cl)cc2)c1C(F)(F)F. The van der Waals surface area contributed by atoms with Crippen molar-refractivity contribution in [3.05, 3.63) is 95.0 Å². The highest BCUT2D eigenvalue weighted by molar-refractivity contribution is 6.30. The van der Waals surface area contributed by atoms with Crippen molar-refractivity contribution in [1.29, 1.82) is 0 Å². The Hall–Kier alpha value is -3.59. The average Bonchev–Trinajstić information content (AvgIpc) is 3.42. The van der Waals surface area contributed by atoms with Gasteiger partial charge < -0.3 is 5.32 Å². The predicted molar refractivity (Wildman–Crippen MR) is 113 cm³/mol. The number of para-hydroxylation sites is 1. The Bertz CT molecular complexity index is 1220. The third-order valence-corrected chi connectivity index (χ3v) is 4.94. The van der Waals surface area contributed by atoms with Gasteiger partial charge in [0.25, 0.3) is 5.91 Å². The van der Waals surface area contributed by atoms with E-state index in [9.17, 15) is 18.0 Å². The Labute approximate surface area is 186 Å². The lowest BCUT2D eigenvalue weighted by atomic mass is 10.2. The van der Waals surface area contributed by atoms with Crippen LogP contribution in [0.3, 0.4) is 0 Å². The molecule has 0 bridgehead atoms. The molecule has 0 aliphatic carbocycles. The van der Waals surface area contributed by atoms with Crippen LogP contribution in [0.5, 0.6) is 0 Å². The maximum absolute atomic E-state index is 13.7. The van der Waals surface area contributed by atoms with Crippen LogP contribution in [0.2, 0.25) is 5.02 Å². The summed E-state index contributed by atoms with van der Waals surface area (Å²) in [7, 11) is 0. The van der Waals surface area contributed by atoms with E-state index < -0.39 is 23.3 Å². The van der Waals surface area contributed by atoms with Crippen LogP contribution < -0.4 is 5.32 Å². The third kappa shape index (κ3) is 4.67. The van der Waals surface area contributed by atoms with E-state index in [-0.39, 0.29) is 12.2 Å². The molecule has 4 aromatic rings. The fourth-order valence-corrected chi connectivity index (χ4v) is 3.31. The molecule has 164 valence electrons. The smallest absolute Gasteiger partial charge is 0.352 e. The minimum absolute atomic E-state index is 0.119. The zero-order valence-electron chi connectivity index (χ0n) is 16.6. The second-order valence-corrected chi connectivity index (χ2v) is 7.32. The van der Waals surface area contributed by atoms with Crippen LogP contribution in [0.4, 0.5) is 13.2 Å². The van der Waals surface area contributed by atoms with Crippen molar-refractivity contribution in [2.45, 2.75) is 12.6 Å². The first-order valence-corrected chi connectivity index (χ1v) is 10.00. The Morgan fingerprint density at radius 3 is 2.41 bits per heavy atom. The first kappa shape index (κ1) is 21.6. The topological polar surface area (TPSA) is 64.7 Å². The molecule has 0 atom stereocenters. The number of carbonyl (C=O) groups is 1. The van der Waals surface area contributed by atoms with Gasteiger partial charge in [0, 0.05) is 24.2 Å². The summed E-state index contributed by atoms with van der Waals surface area (Å²) in [6, 6.07) is 17.0. The van der Waals surface area contributed by atoms with E-state index in [2.05, 4.69) is 15.5 Å². The number of nitrogens with one attached hydrogen (secondary N) is 1. The normalized spacial score (nSPS) is 11.5. The molecule has 2 aromatic heterocycles. The average molecular weight is 460 g/mol. The van der Waals surface area contributed by atoms with Gasteiger partial charge >= 0.3 is 6.18 Å². The summed E-state index contributed by atoms with van der Waals surface area (Å²) in [6.45, 7) is 0.119. The lowest BCUT2D eigenvalue weighted by Gasteiger charge is -2.13. The molecule has 2 aromatic carbocycles. The second kappa shape index (κ2) is 8.88. The molecule has 0 fully saturated rings. The Morgan fingerprint density at radius 1 is 1.00 bits per heavy atom. The van der Waals surface area contributed by atoms with Crippen molar-refractivity contribution in [2.24, 2.45) is 0 Å². The van der Waals surface area contributed by atoms with E-state index in [1.165, 1.54) is 24.3 Å². The molecule has 0 aliphatic heterocycles. The second-order valence-electron chi connectivity index (χ2n) is 6.89. The zero-order chi connectivity index (χ0) is 22.7. The Balaban J connectivity index is 1.47. The summed E-state index contributed by atoms with van der Waals surface area (Å²) in [5.74, 6) is -0.861. The minimum Gasteiger partial charge on any atom is -0.352 e. The molecule has 0 aliphatic rings. The van der Waals surface area contributed by atoms with Crippen LogP contribution in [0.15, 0.2) is 73.1 Å². The number of aromatic nitrogens is 4. The molecule has 10 heteroatoms. The molecule has 1 amide bonds. The number of hydrogen-bond acceptors (Lipinski definition) is 3. The van der Waals surface area contributed by atoms with Crippen LogP contribution in [0.1, 0.15) is 21.7 Å². The van der Waals surface area contributed by atoms with Crippen LogP contribution >= 0.6 is 11.6 Å². The van der Waals surface area contributed by atoms with E-state index in [4.69, 9.17) is 11.6 Å². The molecular weight excluding hydrogens is 443 g/mol.